The number of aldehydes is 1. The molecule has 210 valence electrons. The summed E-state index contributed by atoms with van der Waals surface area (Å²) in [5, 5.41) is 8.20. The molecule has 0 unspecified atom stereocenters. The number of hydrogen-bond donors (Lipinski definition) is 3. The summed E-state index contributed by atoms with van der Waals surface area (Å²) in [5.74, 6) is -1.12. The molecule has 1 saturated heterocycles. The van der Waals surface area contributed by atoms with Crippen LogP contribution in [0.2, 0.25) is 0 Å². The fourth-order valence-corrected chi connectivity index (χ4v) is 5.64. The van der Waals surface area contributed by atoms with E-state index < -0.39 is 39.8 Å². The summed E-state index contributed by atoms with van der Waals surface area (Å²) < 4.78 is 28.9. The molecule has 0 radical (unpaired) electrons. The van der Waals surface area contributed by atoms with Gasteiger partial charge < -0.3 is 25.5 Å². The van der Waals surface area contributed by atoms with E-state index in [1.165, 1.54) is 12.1 Å². The fraction of sp³-hybridized carbons (Fsp3) is 0.630. The maximum atomic E-state index is 13.3. The molecule has 11 heteroatoms. The summed E-state index contributed by atoms with van der Waals surface area (Å²) in [7, 11) is -3.38. The highest BCUT2D eigenvalue weighted by Crippen LogP contribution is 2.28. The van der Waals surface area contributed by atoms with Crippen molar-refractivity contribution < 1.29 is 32.3 Å². The predicted molar refractivity (Wildman–Crippen MR) is 141 cm³/mol. The molecule has 3 atom stereocenters. The zero-order valence-corrected chi connectivity index (χ0v) is 22.9. The molecule has 1 aromatic carbocycles. The average molecular weight is 550 g/mol. The lowest BCUT2D eigenvalue weighted by Gasteiger charge is -2.25. The zero-order chi connectivity index (χ0) is 27.7. The Hall–Kier alpha value is -2.79. The summed E-state index contributed by atoms with van der Waals surface area (Å²) in [6.45, 7) is 2.55. The van der Waals surface area contributed by atoms with Gasteiger partial charge in [-0.3, -0.25) is 14.4 Å². The van der Waals surface area contributed by atoms with E-state index in [4.69, 9.17) is 4.74 Å². The Morgan fingerprint density at radius 3 is 2.18 bits per heavy atom. The first-order chi connectivity index (χ1) is 18.1. The number of rotatable bonds is 12. The van der Waals surface area contributed by atoms with E-state index in [1.54, 1.807) is 19.1 Å². The van der Waals surface area contributed by atoms with Crippen LogP contribution in [-0.4, -0.2) is 70.0 Å². The minimum Gasteiger partial charge on any atom is -0.381 e. The largest absolute Gasteiger partial charge is 0.381 e. The van der Waals surface area contributed by atoms with Crippen LogP contribution in [0.3, 0.4) is 0 Å². The molecule has 0 bridgehead atoms. The van der Waals surface area contributed by atoms with E-state index in [2.05, 4.69) is 16.0 Å². The molecule has 3 N–H and O–H groups in total. The highest BCUT2D eigenvalue weighted by molar-refractivity contribution is 7.90. The van der Waals surface area contributed by atoms with Gasteiger partial charge in [-0.25, -0.2) is 8.42 Å². The summed E-state index contributed by atoms with van der Waals surface area (Å²) in [6, 6.07) is 3.51. The van der Waals surface area contributed by atoms with E-state index >= 15 is 0 Å². The highest BCUT2D eigenvalue weighted by Gasteiger charge is 2.29. The van der Waals surface area contributed by atoms with Crippen LogP contribution in [0.4, 0.5) is 0 Å². The van der Waals surface area contributed by atoms with Gasteiger partial charge in [-0.05, 0) is 49.8 Å². The van der Waals surface area contributed by atoms with Gasteiger partial charge in [0.2, 0.25) is 17.7 Å². The van der Waals surface area contributed by atoms with Crippen LogP contribution in [0.5, 0.6) is 0 Å². The second-order valence-corrected chi connectivity index (χ2v) is 12.5. The molecule has 38 heavy (non-hydrogen) atoms. The minimum absolute atomic E-state index is 0.0806. The monoisotopic (exact) mass is 549 g/mol. The zero-order valence-electron chi connectivity index (χ0n) is 22.1. The summed E-state index contributed by atoms with van der Waals surface area (Å²) in [6.07, 6.45) is 7.92. The van der Waals surface area contributed by atoms with Gasteiger partial charge in [-0.1, -0.05) is 37.8 Å². The number of benzene rings is 1. The molecule has 2 fully saturated rings. The number of amides is 3. The number of hydrogen-bond acceptors (Lipinski definition) is 7. The smallest absolute Gasteiger partial charge is 0.243 e. The van der Waals surface area contributed by atoms with Crippen LogP contribution in [0, 0.1) is 11.8 Å². The molecule has 1 aliphatic heterocycles. The minimum atomic E-state index is -3.38. The Morgan fingerprint density at radius 2 is 1.61 bits per heavy atom. The van der Waals surface area contributed by atoms with E-state index in [-0.39, 0.29) is 23.1 Å². The van der Waals surface area contributed by atoms with Gasteiger partial charge in [-0.15, -0.1) is 0 Å². The molecule has 1 aliphatic carbocycles. The maximum absolute atomic E-state index is 13.3. The Bertz CT molecular complexity index is 1080. The number of ether oxygens (including phenoxy) is 1. The fourth-order valence-electron chi connectivity index (χ4n) is 5.01. The van der Waals surface area contributed by atoms with Crippen LogP contribution >= 0.6 is 0 Å². The van der Waals surface area contributed by atoms with Crippen molar-refractivity contribution in [1.29, 1.82) is 0 Å². The van der Waals surface area contributed by atoms with Crippen LogP contribution in [0.25, 0.3) is 0 Å². The van der Waals surface area contributed by atoms with Crippen molar-refractivity contribution in [3.63, 3.8) is 0 Å². The topological polar surface area (TPSA) is 148 Å². The molecule has 1 aromatic rings. The van der Waals surface area contributed by atoms with Crippen molar-refractivity contribution in [3.8, 4) is 0 Å². The van der Waals surface area contributed by atoms with Crippen LogP contribution < -0.4 is 16.0 Å². The van der Waals surface area contributed by atoms with E-state index in [1.807, 2.05) is 0 Å². The molecule has 3 amide bonds. The van der Waals surface area contributed by atoms with Crippen molar-refractivity contribution in [3.05, 3.63) is 29.8 Å². The molecular formula is C27H39N3O7S. The van der Waals surface area contributed by atoms with Gasteiger partial charge >= 0.3 is 0 Å². The van der Waals surface area contributed by atoms with Gasteiger partial charge in [0.25, 0.3) is 0 Å². The van der Waals surface area contributed by atoms with Crippen molar-refractivity contribution in [2.24, 2.45) is 11.8 Å². The van der Waals surface area contributed by atoms with Crippen molar-refractivity contribution >= 4 is 33.8 Å². The third-order valence-electron chi connectivity index (χ3n) is 7.32. The number of carbonyl (C=O) groups is 4. The highest BCUT2D eigenvalue weighted by atomic mass is 32.2. The quantitative estimate of drug-likeness (QED) is 0.333. The van der Waals surface area contributed by atoms with Gasteiger partial charge in [0.1, 0.15) is 18.4 Å². The first-order valence-corrected chi connectivity index (χ1v) is 15.2. The summed E-state index contributed by atoms with van der Waals surface area (Å²) >= 11 is 0. The molecule has 10 nitrogen and oxygen atoms in total. The number of sulfone groups is 1. The summed E-state index contributed by atoms with van der Waals surface area (Å²) in [4.78, 5) is 50.7. The molecule has 2 aliphatic rings. The lowest BCUT2D eigenvalue weighted by Crippen LogP contribution is -2.55. The van der Waals surface area contributed by atoms with Crippen molar-refractivity contribution in [1.82, 2.24) is 16.0 Å². The second-order valence-electron chi connectivity index (χ2n) is 10.4. The Morgan fingerprint density at radius 1 is 0.974 bits per heavy atom. The third-order valence-corrected chi connectivity index (χ3v) is 8.45. The van der Waals surface area contributed by atoms with E-state index in [0.29, 0.717) is 44.0 Å². The molecule has 1 saturated carbocycles. The summed E-state index contributed by atoms with van der Waals surface area (Å²) in [5.41, 5.74) is 0.634. The van der Waals surface area contributed by atoms with E-state index in [9.17, 15) is 27.6 Å². The molecule has 0 aromatic heterocycles. The van der Waals surface area contributed by atoms with Crippen LogP contribution in [0.15, 0.2) is 29.2 Å². The van der Waals surface area contributed by atoms with Gasteiger partial charge in [0.15, 0.2) is 9.84 Å². The predicted octanol–water partition coefficient (Wildman–Crippen LogP) is 1.31. The Kier molecular flexibility index (Phi) is 10.8. The Labute approximate surface area is 224 Å². The Balaban J connectivity index is 1.69. The first kappa shape index (κ1) is 29.8. The van der Waals surface area contributed by atoms with Crippen molar-refractivity contribution in [2.75, 3.05) is 19.5 Å². The average Bonchev–Trinajstić information content (AvgIpc) is 3.41. The molecule has 1 heterocycles. The normalized spacial score (nSPS) is 19.2. The van der Waals surface area contributed by atoms with Gasteiger partial charge in [0.05, 0.1) is 10.9 Å². The SMILES string of the molecule is C[C@@H](NC(=O)C1CCOCC1)C(=O)N[C@@H](Cc1ccc(S(C)(=O)=O)cc1)C(=O)N[C@H](C=O)CC1CCCC1. The second kappa shape index (κ2) is 13.8. The molecular weight excluding hydrogens is 510 g/mol. The maximum Gasteiger partial charge on any atom is 0.243 e. The number of carbonyl (C=O) groups excluding carboxylic acids is 4. The van der Waals surface area contributed by atoms with Gasteiger partial charge in [-0.2, -0.15) is 0 Å². The molecule has 3 rings (SSSR count). The lowest BCUT2D eigenvalue weighted by atomic mass is 9.98. The van der Waals surface area contributed by atoms with Crippen molar-refractivity contribution in [2.45, 2.75) is 81.3 Å². The third kappa shape index (κ3) is 8.90. The van der Waals surface area contributed by atoms with Crippen LogP contribution in [0.1, 0.15) is 57.4 Å². The van der Waals surface area contributed by atoms with Gasteiger partial charge in [0, 0.05) is 31.8 Å². The standard InChI is InChI=1S/C27H39N3O7S/c1-18(28-26(33)21-11-13-37-14-12-21)25(32)30-24(16-20-7-9-23(10-8-20)38(2,35)36)27(34)29-22(17-31)15-19-5-3-4-6-19/h7-10,17-19,21-22,24H,3-6,11-16H2,1-2H3,(H,28,33)(H,29,34)(H,30,32)/t18-,22+,24+/m1/s1. The first-order valence-electron chi connectivity index (χ1n) is 13.3. The van der Waals surface area contributed by atoms with E-state index in [0.717, 1.165) is 38.2 Å². The number of nitrogens with one attached hydrogen (secondary N) is 3. The lowest BCUT2D eigenvalue weighted by molar-refractivity contribution is -0.134. The molecule has 0 spiro atoms. The van der Waals surface area contributed by atoms with Crippen LogP contribution in [-0.2, 0) is 40.2 Å².